The summed E-state index contributed by atoms with van der Waals surface area (Å²) in [5.41, 5.74) is 3.06. The van der Waals surface area contributed by atoms with Crippen molar-refractivity contribution < 1.29 is 0 Å². The summed E-state index contributed by atoms with van der Waals surface area (Å²) in [5, 5.41) is 1.12. The molecule has 5 heteroatoms. The van der Waals surface area contributed by atoms with E-state index in [1.165, 1.54) is 24.2 Å². The zero-order valence-corrected chi connectivity index (χ0v) is 13.8. The third-order valence-corrected chi connectivity index (χ3v) is 4.93. The summed E-state index contributed by atoms with van der Waals surface area (Å²) in [6, 6.07) is 2.12. The van der Waals surface area contributed by atoms with E-state index in [-0.39, 0.29) is 0 Å². The molecule has 3 heterocycles. The Bertz CT molecular complexity index is 641. The predicted octanol–water partition coefficient (Wildman–Crippen LogP) is 3.22. The summed E-state index contributed by atoms with van der Waals surface area (Å²) in [5.74, 6) is 3.06. The van der Waals surface area contributed by atoms with Gasteiger partial charge < -0.3 is 4.90 Å². The highest BCUT2D eigenvalue weighted by molar-refractivity contribution is 7.98. The van der Waals surface area contributed by atoms with Gasteiger partial charge in [-0.05, 0) is 56.2 Å². The minimum absolute atomic E-state index is 0.762. The lowest BCUT2D eigenvalue weighted by Gasteiger charge is -2.34. The monoisotopic (exact) mass is 302 g/mol. The standard InChI is InChI=1S/C16H22N4S/c1-11-7-12(2)19-15-14(11)16(18-10-17-15)20-6-4-5-13(8-20)9-21-3/h7,10,13H,4-6,8-9H2,1-3H3/t13-/m1/s1. The number of thioether (sulfide) groups is 1. The molecule has 21 heavy (non-hydrogen) atoms. The second kappa shape index (κ2) is 6.18. The van der Waals surface area contributed by atoms with Crippen LogP contribution in [-0.4, -0.2) is 40.1 Å². The van der Waals surface area contributed by atoms with Gasteiger partial charge in [0.1, 0.15) is 12.1 Å². The number of piperidine rings is 1. The van der Waals surface area contributed by atoms with E-state index in [9.17, 15) is 0 Å². The zero-order valence-electron chi connectivity index (χ0n) is 13.0. The molecule has 0 spiro atoms. The fourth-order valence-electron chi connectivity index (χ4n) is 3.26. The predicted molar refractivity (Wildman–Crippen MR) is 90.1 cm³/mol. The Morgan fingerprint density at radius 2 is 2.19 bits per heavy atom. The fourth-order valence-corrected chi connectivity index (χ4v) is 4.00. The third-order valence-electron chi connectivity index (χ3n) is 4.13. The summed E-state index contributed by atoms with van der Waals surface area (Å²) >= 11 is 1.94. The fraction of sp³-hybridized carbons (Fsp3) is 0.562. The number of hydrogen-bond donors (Lipinski definition) is 0. The van der Waals surface area contributed by atoms with Crippen LogP contribution < -0.4 is 4.90 Å². The van der Waals surface area contributed by atoms with Crippen LogP contribution in [0.2, 0.25) is 0 Å². The molecule has 1 aliphatic heterocycles. The van der Waals surface area contributed by atoms with Crippen molar-refractivity contribution >= 4 is 28.6 Å². The van der Waals surface area contributed by atoms with Gasteiger partial charge in [0.25, 0.3) is 0 Å². The van der Waals surface area contributed by atoms with Crippen LogP contribution >= 0.6 is 11.8 Å². The van der Waals surface area contributed by atoms with E-state index in [0.29, 0.717) is 0 Å². The number of hydrogen-bond acceptors (Lipinski definition) is 5. The number of nitrogens with zero attached hydrogens (tertiary/aromatic N) is 4. The molecule has 0 amide bonds. The number of pyridine rings is 1. The topological polar surface area (TPSA) is 41.9 Å². The Balaban J connectivity index is 2.00. The Hall–Kier alpha value is -1.36. The first-order valence-corrected chi connectivity index (χ1v) is 8.91. The summed E-state index contributed by atoms with van der Waals surface area (Å²) < 4.78 is 0. The smallest absolute Gasteiger partial charge is 0.165 e. The van der Waals surface area contributed by atoms with Crippen LogP contribution in [0.25, 0.3) is 11.0 Å². The Labute approximate surface area is 130 Å². The molecule has 0 saturated carbocycles. The van der Waals surface area contributed by atoms with E-state index in [2.05, 4.69) is 39.1 Å². The van der Waals surface area contributed by atoms with Crippen LogP contribution in [0.15, 0.2) is 12.4 Å². The van der Waals surface area contributed by atoms with E-state index >= 15 is 0 Å². The second-order valence-corrected chi connectivity index (χ2v) is 6.80. The summed E-state index contributed by atoms with van der Waals surface area (Å²) in [7, 11) is 0. The molecule has 112 valence electrons. The first-order valence-electron chi connectivity index (χ1n) is 7.52. The number of rotatable bonds is 3. The lowest BCUT2D eigenvalue weighted by atomic mass is 9.99. The minimum Gasteiger partial charge on any atom is -0.356 e. The van der Waals surface area contributed by atoms with Crippen molar-refractivity contribution in [3.05, 3.63) is 23.7 Å². The van der Waals surface area contributed by atoms with Crippen LogP contribution in [0.1, 0.15) is 24.1 Å². The van der Waals surface area contributed by atoms with Gasteiger partial charge in [-0.25, -0.2) is 15.0 Å². The SMILES string of the molecule is CSC[C@@H]1CCCN(c2ncnc3nc(C)cc(C)c23)C1. The molecular weight excluding hydrogens is 280 g/mol. The largest absolute Gasteiger partial charge is 0.356 e. The first-order chi connectivity index (χ1) is 10.2. The van der Waals surface area contributed by atoms with E-state index in [0.717, 1.165) is 41.6 Å². The van der Waals surface area contributed by atoms with Gasteiger partial charge in [-0.2, -0.15) is 11.8 Å². The third kappa shape index (κ3) is 2.98. The highest BCUT2D eigenvalue weighted by Gasteiger charge is 2.23. The second-order valence-electron chi connectivity index (χ2n) is 5.89. The van der Waals surface area contributed by atoms with Crippen molar-refractivity contribution in [2.75, 3.05) is 30.0 Å². The minimum atomic E-state index is 0.762. The molecule has 1 atom stereocenters. The molecule has 3 rings (SSSR count). The molecule has 0 aromatic carbocycles. The summed E-state index contributed by atoms with van der Waals surface area (Å²) in [4.78, 5) is 15.9. The van der Waals surface area contributed by atoms with Gasteiger partial charge in [0.2, 0.25) is 0 Å². The highest BCUT2D eigenvalue weighted by atomic mass is 32.2. The van der Waals surface area contributed by atoms with Gasteiger partial charge in [0, 0.05) is 18.8 Å². The van der Waals surface area contributed by atoms with Gasteiger partial charge in [0.05, 0.1) is 5.39 Å². The van der Waals surface area contributed by atoms with Gasteiger partial charge in [-0.3, -0.25) is 0 Å². The molecule has 1 aliphatic rings. The molecule has 4 nitrogen and oxygen atoms in total. The van der Waals surface area contributed by atoms with E-state index in [1.54, 1.807) is 6.33 Å². The van der Waals surface area contributed by atoms with Crippen LogP contribution in [0.5, 0.6) is 0 Å². The van der Waals surface area contributed by atoms with E-state index < -0.39 is 0 Å². The molecule has 0 N–H and O–H groups in total. The molecule has 2 aromatic heterocycles. The molecule has 0 unspecified atom stereocenters. The van der Waals surface area contributed by atoms with Gasteiger partial charge in [-0.1, -0.05) is 0 Å². The van der Waals surface area contributed by atoms with Gasteiger partial charge in [0.15, 0.2) is 5.65 Å². The number of fused-ring (bicyclic) bond motifs is 1. The average molecular weight is 302 g/mol. The Kier molecular flexibility index (Phi) is 4.29. The van der Waals surface area contributed by atoms with Crippen molar-refractivity contribution in [1.29, 1.82) is 0 Å². The van der Waals surface area contributed by atoms with Crippen LogP contribution in [0.3, 0.4) is 0 Å². The molecule has 1 saturated heterocycles. The summed E-state index contributed by atoms with van der Waals surface area (Å²) in [6.45, 7) is 6.33. The molecular formula is C16H22N4S. The lowest BCUT2D eigenvalue weighted by molar-refractivity contribution is 0.451. The molecule has 2 aromatic rings. The zero-order chi connectivity index (χ0) is 14.8. The maximum atomic E-state index is 4.58. The van der Waals surface area contributed by atoms with Crippen molar-refractivity contribution in [2.45, 2.75) is 26.7 Å². The van der Waals surface area contributed by atoms with Crippen molar-refractivity contribution in [3.8, 4) is 0 Å². The summed E-state index contributed by atoms with van der Waals surface area (Å²) in [6.07, 6.45) is 6.42. The van der Waals surface area contributed by atoms with Crippen LogP contribution in [-0.2, 0) is 0 Å². The highest BCUT2D eigenvalue weighted by Crippen LogP contribution is 2.30. The molecule has 0 radical (unpaired) electrons. The molecule has 0 bridgehead atoms. The number of aryl methyl sites for hydroxylation is 2. The lowest BCUT2D eigenvalue weighted by Crippen LogP contribution is -2.37. The van der Waals surface area contributed by atoms with Crippen molar-refractivity contribution in [1.82, 2.24) is 15.0 Å². The van der Waals surface area contributed by atoms with E-state index in [1.807, 2.05) is 18.7 Å². The Morgan fingerprint density at radius 3 is 3.00 bits per heavy atom. The van der Waals surface area contributed by atoms with Crippen molar-refractivity contribution in [2.24, 2.45) is 5.92 Å². The normalized spacial score (nSPS) is 19.2. The van der Waals surface area contributed by atoms with Crippen LogP contribution in [0.4, 0.5) is 5.82 Å². The first kappa shape index (κ1) is 14.6. The Morgan fingerprint density at radius 1 is 1.33 bits per heavy atom. The molecule has 0 aliphatic carbocycles. The van der Waals surface area contributed by atoms with Crippen molar-refractivity contribution in [3.63, 3.8) is 0 Å². The average Bonchev–Trinajstić information content (AvgIpc) is 2.47. The molecule has 1 fully saturated rings. The van der Waals surface area contributed by atoms with E-state index in [4.69, 9.17) is 0 Å². The number of aromatic nitrogens is 3. The van der Waals surface area contributed by atoms with Gasteiger partial charge >= 0.3 is 0 Å². The quantitative estimate of drug-likeness (QED) is 0.871. The maximum absolute atomic E-state index is 4.58. The van der Waals surface area contributed by atoms with Crippen LogP contribution in [0, 0.1) is 19.8 Å². The van der Waals surface area contributed by atoms with Gasteiger partial charge in [-0.15, -0.1) is 0 Å². The maximum Gasteiger partial charge on any atom is 0.165 e. The number of anilines is 1.